The number of anilines is 1. The molecule has 0 aliphatic carbocycles. The highest BCUT2D eigenvalue weighted by Crippen LogP contribution is 2.33. The highest BCUT2D eigenvalue weighted by atomic mass is 79.9. The van der Waals surface area contributed by atoms with Gasteiger partial charge >= 0.3 is 0 Å². The standard InChI is InChI=1S/C14H11Br2ClN2O/c1-20-14-12(15)6-9(7-13(14)16)8-18-19-11-4-2-10(17)3-5-11/h2-8,19H,1H3/b18-8+. The van der Waals surface area contributed by atoms with Gasteiger partial charge < -0.3 is 4.74 Å². The lowest BCUT2D eigenvalue weighted by Gasteiger charge is -2.07. The van der Waals surface area contributed by atoms with E-state index in [1.165, 1.54) is 0 Å². The van der Waals surface area contributed by atoms with E-state index in [4.69, 9.17) is 16.3 Å². The quantitative estimate of drug-likeness (QED) is 0.539. The molecule has 0 saturated carbocycles. The van der Waals surface area contributed by atoms with E-state index in [0.29, 0.717) is 5.02 Å². The molecule has 0 fully saturated rings. The molecule has 0 unspecified atom stereocenters. The predicted octanol–water partition coefficient (Wildman–Crippen LogP) is 5.32. The van der Waals surface area contributed by atoms with Gasteiger partial charge in [0.2, 0.25) is 0 Å². The van der Waals surface area contributed by atoms with E-state index in [9.17, 15) is 0 Å². The Morgan fingerprint density at radius 3 is 2.30 bits per heavy atom. The Bertz CT molecular complexity index is 607. The summed E-state index contributed by atoms with van der Waals surface area (Å²) in [4.78, 5) is 0. The minimum Gasteiger partial charge on any atom is -0.494 e. The number of methoxy groups -OCH3 is 1. The van der Waals surface area contributed by atoms with Gasteiger partial charge in [0.15, 0.2) is 0 Å². The molecular weight excluding hydrogens is 407 g/mol. The molecule has 2 aromatic carbocycles. The minimum atomic E-state index is 0.697. The molecule has 0 aliphatic rings. The van der Waals surface area contributed by atoms with Crippen molar-refractivity contribution in [3.63, 3.8) is 0 Å². The average Bonchev–Trinajstić information content (AvgIpc) is 2.41. The maximum Gasteiger partial charge on any atom is 0.147 e. The molecule has 0 aromatic heterocycles. The lowest BCUT2D eigenvalue weighted by Crippen LogP contribution is -1.92. The Hall–Kier alpha value is -1.04. The van der Waals surface area contributed by atoms with E-state index in [1.54, 1.807) is 25.5 Å². The molecule has 1 N–H and O–H groups in total. The summed E-state index contributed by atoms with van der Waals surface area (Å²) in [5, 5.41) is 4.88. The van der Waals surface area contributed by atoms with Crippen LogP contribution in [0.5, 0.6) is 5.75 Å². The fourth-order valence-electron chi connectivity index (χ4n) is 1.55. The summed E-state index contributed by atoms with van der Waals surface area (Å²) in [6.07, 6.45) is 1.73. The van der Waals surface area contributed by atoms with Crippen molar-refractivity contribution in [3.05, 3.63) is 55.9 Å². The number of ether oxygens (including phenoxy) is 1. The molecular formula is C14H11Br2ClN2O. The lowest BCUT2D eigenvalue weighted by molar-refractivity contribution is 0.409. The number of benzene rings is 2. The van der Waals surface area contributed by atoms with Crippen LogP contribution in [0, 0.1) is 0 Å². The zero-order chi connectivity index (χ0) is 14.5. The van der Waals surface area contributed by atoms with Gasteiger partial charge in [-0.15, -0.1) is 0 Å². The molecule has 0 spiro atoms. The average molecular weight is 419 g/mol. The molecule has 2 rings (SSSR count). The van der Waals surface area contributed by atoms with Gasteiger partial charge in [-0.3, -0.25) is 5.43 Å². The summed E-state index contributed by atoms with van der Waals surface area (Å²) in [6.45, 7) is 0. The van der Waals surface area contributed by atoms with Crippen LogP contribution >= 0.6 is 43.5 Å². The largest absolute Gasteiger partial charge is 0.494 e. The highest BCUT2D eigenvalue weighted by molar-refractivity contribution is 9.11. The molecule has 0 amide bonds. The van der Waals surface area contributed by atoms with Crippen molar-refractivity contribution in [2.45, 2.75) is 0 Å². The Balaban J connectivity index is 2.10. The van der Waals surface area contributed by atoms with Gasteiger partial charge in [0.25, 0.3) is 0 Å². The topological polar surface area (TPSA) is 33.6 Å². The first kappa shape index (κ1) is 15.4. The summed E-state index contributed by atoms with van der Waals surface area (Å²) in [6, 6.07) is 11.2. The van der Waals surface area contributed by atoms with Crippen LogP contribution in [0.2, 0.25) is 5.02 Å². The van der Waals surface area contributed by atoms with E-state index in [1.807, 2.05) is 24.3 Å². The van der Waals surface area contributed by atoms with E-state index >= 15 is 0 Å². The van der Waals surface area contributed by atoms with Crippen molar-refractivity contribution in [3.8, 4) is 5.75 Å². The summed E-state index contributed by atoms with van der Waals surface area (Å²) in [5.74, 6) is 0.757. The van der Waals surface area contributed by atoms with Crippen LogP contribution in [0.3, 0.4) is 0 Å². The molecule has 20 heavy (non-hydrogen) atoms. The molecule has 0 bridgehead atoms. The molecule has 2 aromatic rings. The molecule has 0 atom stereocenters. The molecule has 0 saturated heterocycles. The van der Waals surface area contributed by atoms with E-state index in [0.717, 1.165) is 25.9 Å². The second kappa shape index (κ2) is 7.11. The first-order chi connectivity index (χ1) is 9.60. The molecule has 0 heterocycles. The number of nitrogens with zero attached hydrogens (tertiary/aromatic N) is 1. The van der Waals surface area contributed by atoms with E-state index in [-0.39, 0.29) is 0 Å². The normalized spacial score (nSPS) is 10.8. The van der Waals surface area contributed by atoms with Crippen LogP contribution in [0.1, 0.15) is 5.56 Å². The van der Waals surface area contributed by atoms with Crippen molar-refractivity contribution >= 4 is 55.4 Å². The number of hydrazone groups is 1. The van der Waals surface area contributed by atoms with Crippen molar-refractivity contribution in [2.24, 2.45) is 5.10 Å². The highest BCUT2D eigenvalue weighted by Gasteiger charge is 2.06. The van der Waals surface area contributed by atoms with E-state index < -0.39 is 0 Å². The Labute approximate surface area is 139 Å². The Morgan fingerprint density at radius 1 is 1.15 bits per heavy atom. The third-order valence-electron chi connectivity index (χ3n) is 2.48. The fraction of sp³-hybridized carbons (Fsp3) is 0.0714. The number of hydrogen-bond donors (Lipinski definition) is 1. The molecule has 104 valence electrons. The van der Waals surface area contributed by atoms with Crippen LogP contribution in [0.25, 0.3) is 0 Å². The zero-order valence-electron chi connectivity index (χ0n) is 10.5. The molecule has 3 nitrogen and oxygen atoms in total. The van der Waals surface area contributed by atoms with Crippen molar-refractivity contribution < 1.29 is 4.74 Å². The predicted molar refractivity (Wildman–Crippen MR) is 91.1 cm³/mol. The van der Waals surface area contributed by atoms with E-state index in [2.05, 4.69) is 42.4 Å². The maximum atomic E-state index is 5.82. The van der Waals surface area contributed by atoms with Crippen LogP contribution < -0.4 is 10.2 Å². The zero-order valence-corrected chi connectivity index (χ0v) is 14.5. The Morgan fingerprint density at radius 2 is 1.75 bits per heavy atom. The maximum absolute atomic E-state index is 5.82. The van der Waals surface area contributed by atoms with Gasteiger partial charge in [-0.05, 0) is 73.8 Å². The number of hydrogen-bond acceptors (Lipinski definition) is 3. The minimum absolute atomic E-state index is 0.697. The van der Waals surface area contributed by atoms with Crippen LogP contribution in [0.15, 0.2) is 50.4 Å². The second-order valence-corrected chi connectivity index (χ2v) is 6.04. The first-order valence-electron chi connectivity index (χ1n) is 5.68. The SMILES string of the molecule is COc1c(Br)cc(/C=N/Nc2ccc(Cl)cc2)cc1Br. The summed E-state index contributed by atoms with van der Waals surface area (Å²) < 4.78 is 6.98. The molecule has 6 heteroatoms. The van der Waals surface area contributed by atoms with Crippen LogP contribution in [-0.2, 0) is 0 Å². The van der Waals surface area contributed by atoms with Gasteiger partial charge in [0.05, 0.1) is 28.0 Å². The second-order valence-electron chi connectivity index (χ2n) is 3.89. The van der Waals surface area contributed by atoms with Gasteiger partial charge in [-0.25, -0.2) is 0 Å². The molecule has 0 aliphatic heterocycles. The first-order valence-corrected chi connectivity index (χ1v) is 7.64. The van der Waals surface area contributed by atoms with Gasteiger partial charge in [0.1, 0.15) is 5.75 Å². The third kappa shape index (κ3) is 3.98. The van der Waals surface area contributed by atoms with Crippen molar-refractivity contribution in [2.75, 3.05) is 12.5 Å². The lowest BCUT2D eigenvalue weighted by atomic mass is 10.2. The summed E-state index contributed by atoms with van der Waals surface area (Å²) in [7, 11) is 1.63. The number of rotatable bonds is 4. The molecule has 0 radical (unpaired) electrons. The van der Waals surface area contributed by atoms with Gasteiger partial charge in [-0.2, -0.15) is 5.10 Å². The van der Waals surface area contributed by atoms with Crippen molar-refractivity contribution in [1.29, 1.82) is 0 Å². The van der Waals surface area contributed by atoms with Gasteiger partial charge in [0, 0.05) is 5.02 Å². The van der Waals surface area contributed by atoms with Gasteiger partial charge in [-0.1, -0.05) is 11.6 Å². The smallest absolute Gasteiger partial charge is 0.147 e. The van der Waals surface area contributed by atoms with Crippen LogP contribution in [0.4, 0.5) is 5.69 Å². The third-order valence-corrected chi connectivity index (χ3v) is 3.91. The fourth-order valence-corrected chi connectivity index (χ4v) is 3.23. The van der Waals surface area contributed by atoms with Crippen LogP contribution in [-0.4, -0.2) is 13.3 Å². The van der Waals surface area contributed by atoms with Crippen molar-refractivity contribution in [1.82, 2.24) is 0 Å². The number of nitrogens with one attached hydrogen (secondary N) is 1. The monoisotopic (exact) mass is 416 g/mol. The summed E-state index contributed by atoms with van der Waals surface area (Å²) in [5.41, 5.74) is 4.75. The Kier molecular flexibility index (Phi) is 5.46. The summed E-state index contributed by atoms with van der Waals surface area (Å²) >= 11 is 12.7. The number of halogens is 3.